The van der Waals surface area contributed by atoms with Crippen LogP contribution in [0.15, 0.2) is 11.0 Å². The Kier molecular flexibility index (Phi) is 1.48. The zero-order valence-electron chi connectivity index (χ0n) is 4.19. The van der Waals surface area contributed by atoms with Gasteiger partial charge in [-0.2, -0.15) is 4.39 Å². The molecule has 0 bridgehead atoms. The number of nitrogens with zero attached hydrogens (tertiary/aromatic N) is 1. The summed E-state index contributed by atoms with van der Waals surface area (Å²) in [5, 5.41) is -0.110. The molecule has 9 heavy (non-hydrogen) atoms. The zero-order valence-corrected chi connectivity index (χ0v) is 4.94. The van der Waals surface area contributed by atoms with E-state index in [1.54, 1.807) is 0 Å². The van der Waals surface area contributed by atoms with Gasteiger partial charge in [0.2, 0.25) is 11.1 Å². The fraction of sp³-hybridized carbons (Fsp3) is 0. The number of halogens is 2. The number of H-pyrrole nitrogens is 1. The fourth-order valence-electron chi connectivity index (χ4n) is 0.358. The molecule has 3 nitrogen and oxygen atoms in total. The summed E-state index contributed by atoms with van der Waals surface area (Å²) in [7, 11) is 0. The molecule has 0 fully saturated rings. The van der Waals surface area contributed by atoms with Gasteiger partial charge in [-0.15, -0.1) is 0 Å². The Hall–Kier alpha value is -0.900. The van der Waals surface area contributed by atoms with Crippen LogP contribution in [0.5, 0.6) is 0 Å². The lowest BCUT2D eigenvalue weighted by Gasteiger charge is -1.85. The molecule has 0 amide bonds. The highest BCUT2D eigenvalue weighted by molar-refractivity contribution is 6.28. The Morgan fingerprint density at radius 2 is 2.44 bits per heavy atom. The molecule has 0 saturated heterocycles. The largest absolute Gasteiger partial charge is 0.295 e. The van der Waals surface area contributed by atoms with Crippen LogP contribution in [0, 0.1) is 5.82 Å². The van der Waals surface area contributed by atoms with Crippen LogP contribution in [0.4, 0.5) is 4.39 Å². The van der Waals surface area contributed by atoms with E-state index < -0.39 is 11.4 Å². The van der Waals surface area contributed by atoms with Crippen LogP contribution in [-0.2, 0) is 0 Å². The lowest BCUT2D eigenvalue weighted by Crippen LogP contribution is -2.10. The van der Waals surface area contributed by atoms with Crippen molar-refractivity contribution in [3.05, 3.63) is 27.7 Å². The highest BCUT2D eigenvalue weighted by atomic mass is 35.5. The second kappa shape index (κ2) is 2.14. The van der Waals surface area contributed by atoms with Gasteiger partial charge in [-0.05, 0) is 11.6 Å². The number of aromatic nitrogens is 2. The number of hydrogen-bond donors (Lipinski definition) is 1. The summed E-state index contributed by atoms with van der Waals surface area (Å²) >= 11 is 5.18. The maximum atomic E-state index is 12.0. The molecule has 1 N–H and O–H groups in total. The third kappa shape index (κ3) is 1.26. The van der Waals surface area contributed by atoms with Crippen molar-refractivity contribution in [2.45, 2.75) is 0 Å². The van der Waals surface area contributed by atoms with Gasteiger partial charge in [0.25, 0.3) is 5.56 Å². The van der Waals surface area contributed by atoms with Gasteiger partial charge < -0.3 is 0 Å². The molecular weight excluding hydrogens is 147 g/mol. The molecule has 0 saturated carbocycles. The zero-order chi connectivity index (χ0) is 6.85. The van der Waals surface area contributed by atoms with E-state index in [1.807, 2.05) is 4.98 Å². The van der Waals surface area contributed by atoms with Gasteiger partial charge in [0.1, 0.15) is 0 Å². The van der Waals surface area contributed by atoms with Gasteiger partial charge in [-0.25, -0.2) is 4.98 Å². The molecule has 0 spiro atoms. The average Bonchev–Trinajstić information content (AvgIpc) is 1.80. The van der Waals surface area contributed by atoms with Crippen molar-refractivity contribution in [1.29, 1.82) is 0 Å². The van der Waals surface area contributed by atoms with Gasteiger partial charge in [0, 0.05) is 0 Å². The summed E-state index contributed by atoms with van der Waals surface area (Å²) in [6.45, 7) is 0. The van der Waals surface area contributed by atoms with Crippen molar-refractivity contribution in [2.24, 2.45) is 0 Å². The molecule has 0 atom stereocenters. The van der Waals surface area contributed by atoms with Crippen LogP contribution < -0.4 is 5.56 Å². The number of hydrogen-bond acceptors (Lipinski definition) is 2. The predicted molar refractivity (Wildman–Crippen MR) is 29.8 cm³/mol. The van der Waals surface area contributed by atoms with E-state index in [9.17, 15) is 9.18 Å². The highest BCUT2D eigenvalue weighted by Crippen LogP contribution is 1.92. The molecule has 1 rings (SSSR count). The van der Waals surface area contributed by atoms with Crippen LogP contribution in [0.3, 0.4) is 0 Å². The van der Waals surface area contributed by atoms with Crippen molar-refractivity contribution in [3.8, 4) is 0 Å². The molecule has 0 aliphatic carbocycles. The molecule has 0 aliphatic rings. The quantitative estimate of drug-likeness (QED) is 0.547. The van der Waals surface area contributed by atoms with Gasteiger partial charge in [0.05, 0.1) is 6.20 Å². The molecule has 1 heterocycles. The lowest BCUT2D eigenvalue weighted by atomic mass is 10.6. The Bertz CT molecular complexity index is 272. The monoisotopic (exact) mass is 148 g/mol. The highest BCUT2D eigenvalue weighted by Gasteiger charge is 1.96. The summed E-state index contributed by atoms with van der Waals surface area (Å²) in [5.74, 6) is -0.931. The third-order valence-corrected chi connectivity index (χ3v) is 0.917. The van der Waals surface area contributed by atoms with Crippen LogP contribution >= 0.6 is 11.6 Å². The van der Waals surface area contributed by atoms with Gasteiger partial charge in [0.15, 0.2) is 0 Å². The Balaban J connectivity index is 3.34. The van der Waals surface area contributed by atoms with Crippen molar-refractivity contribution < 1.29 is 4.39 Å². The van der Waals surface area contributed by atoms with Crippen molar-refractivity contribution in [3.63, 3.8) is 0 Å². The Morgan fingerprint density at radius 1 is 1.78 bits per heavy atom. The van der Waals surface area contributed by atoms with E-state index in [4.69, 9.17) is 11.6 Å². The Morgan fingerprint density at radius 3 is 2.89 bits per heavy atom. The molecular formula is C4H2ClFN2O. The summed E-state index contributed by atoms with van der Waals surface area (Å²) in [4.78, 5) is 15.5. The predicted octanol–water partition coefficient (Wildman–Crippen LogP) is 0.562. The standard InChI is InChI=1S/C4H2ClFN2O/c5-4-7-1-2(6)3(9)8-4/h1H,(H,7,8,9). The molecule has 0 aromatic carbocycles. The van der Waals surface area contributed by atoms with Gasteiger partial charge in [-0.1, -0.05) is 0 Å². The number of rotatable bonds is 0. The third-order valence-electron chi connectivity index (χ3n) is 0.725. The second-order valence-corrected chi connectivity index (χ2v) is 1.71. The minimum atomic E-state index is -0.931. The van der Waals surface area contributed by atoms with E-state index in [1.165, 1.54) is 0 Å². The summed E-state index contributed by atoms with van der Waals surface area (Å²) in [5.41, 5.74) is -0.852. The first kappa shape index (κ1) is 6.22. The molecule has 1 aromatic rings. The molecule has 0 radical (unpaired) electrons. The molecule has 5 heteroatoms. The summed E-state index contributed by atoms with van der Waals surface area (Å²) < 4.78 is 12.0. The SMILES string of the molecule is O=c1[nH]c(Cl)ncc1F. The molecule has 0 unspecified atom stereocenters. The molecule has 0 aliphatic heterocycles. The van der Waals surface area contributed by atoms with Crippen molar-refractivity contribution in [1.82, 2.24) is 9.97 Å². The molecule has 1 aromatic heterocycles. The van der Waals surface area contributed by atoms with Gasteiger partial charge in [-0.3, -0.25) is 9.78 Å². The van der Waals surface area contributed by atoms with E-state index in [2.05, 4.69) is 4.98 Å². The fourth-order valence-corrected chi connectivity index (χ4v) is 0.492. The summed E-state index contributed by atoms with van der Waals surface area (Å²) in [6.07, 6.45) is 0.765. The van der Waals surface area contributed by atoms with Crippen LogP contribution in [0.1, 0.15) is 0 Å². The normalized spacial score (nSPS) is 9.56. The lowest BCUT2D eigenvalue weighted by molar-refractivity contribution is 0.600. The first-order valence-electron chi connectivity index (χ1n) is 2.10. The summed E-state index contributed by atoms with van der Waals surface area (Å²) in [6, 6.07) is 0. The van der Waals surface area contributed by atoms with Crippen molar-refractivity contribution in [2.75, 3.05) is 0 Å². The van der Waals surface area contributed by atoms with Crippen molar-refractivity contribution >= 4 is 11.6 Å². The van der Waals surface area contributed by atoms with E-state index in [0.717, 1.165) is 6.20 Å². The average molecular weight is 149 g/mol. The minimum absolute atomic E-state index is 0.110. The van der Waals surface area contributed by atoms with Crippen LogP contribution in [0.25, 0.3) is 0 Å². The first-order chi connectivity index (χ1) is 4.20. The molecule has 48 valence electrons. The van der Waals surface area contributed by atoms with Crippen LogP contribution in [-0.4, -0.2) is 9.97 Å². The number of aromatic amines is 1. The maximum Gasteiger partial charge on any atom is 0.287 e. The minimum Gasteiger partial charge on any atom is -0.295 e. The van der Waals surface area contributed by atoms with E-state index in [0.29, 0.717) is 0 Å². The smallest absolute Gasteiger partial charge is 0.287 e. The van der Waals surface area contributed by atoms with E-state index in [-0.39, 0.29) is 5.28 Å². The van der Waals surface area contributed by atoms with E-state index >= 15 is 0 Å². The van der Waals surface area contributed by atoms with Gasteiger partial charge >= 0.3 is 0 Å². The first-order valence-corrected chi connectivity index (χ1v) is 2.48. The Labute approximate surface area is 54.5 Å². The maximum absolute atomic E-state index is 12.0. The number of nitrogens with one attached hydrogen (secondary N) is 1. The topological polar surface area (TPSA) is 45.8 Å². The van der Waals surface area contributed by atoms with Crippen LogP contribution in [0.2, 0.25) is 5.28 Å². The second-order valence-electron chi connectivity index (χ2n) is 1.35.